The molecule has 27 heavy (non-hydrogen) atoms. The second kappa shape index (κ2) is 8.60. The maximum Gasteiger partial charge on any atom is 0.342 e. The van der Waals surface area contributed by atoms with Crippen molar-refractivity contribution >= 4 is 29.3 Å². The Morgan fingerprint density at radius 2 is 1.74 bits per heavy atom. The summed E-state index contributed by atoms with van der Waals surface area (Å²) < 4.78 is 10.3. The van der Waals surface area contributed by atoms with Crippen LogP contribution in [0.3, 0.4) is 0 Å². The summed E-state index contributed by atoms with van der Waals surface area (Å²) in [5, 5.41) is 2.84. The Bertz CT molecular complexity index is 936. The van der Waals surface area contributed by atoms with Gasteiger partial charge in [-0.25, -0.2) is 4.79 Å². The Kier molecular flexibility index (Phi) is 5.98. The number of benzene rings is 2. The van der Waals surface area contributed by atoms with Gasteiger partial charge in [0.2, 0.25) is 0 Å². The lowest BCUT2D eigenvalue weighted by Gasteiger charge is -2.15. The molecule has 0 spiro atoms. The molecule has 2 aromatic carbocycles. The fourth-order valence-corrected chi connectivity index (χ4v) is 3.31. The number of carbonyl (C=O) groups excluding carboxylic acids is 2. The van der Waals surface area contributed by atoms with E-state index in [9.17, 15) is 9.59 Å². The van der Waals surface area contributed by atoms with Crippen LogP contribution in [0.1, 0.15) is 23.0 Å². The van der Waals surface area contributed by atoms with E-state index in [1.807, 2.05) is 54.6 Å². The van der Waals surface area contributed by atoms with Gasteiger partial charge in [0.1, 0.15) is 11.3 Å². The largest absolute Gasteiger partial charge is 0.469 e. The molecule has 1 N–H and O–H groups in total. The van der Waals surface area contributed by atoms with E-state index >= 15 is 0 Å². The van der Waals surface area contributed by atoms with Crippen LogP contribution in [-0.2, 0) is 9.53 Å². The summed E-state index contributed by atoms with van der Waals surface area (Å²) in [5.41, 5.74) is 0.980. The molecule has 0 aliphatic carbocycles. The Hall–Kier alpha value is -2.99. The summed E-state index contributed by atoms with van der Waals surface area (Å²) in [6.45, 7) is 3.20. The van der Waals surface area contributed by atoms with Gasteiger partial charge in [0.25, 0.3) is 5.91 Å². The van der Waals surface area contributed by atoms with Crippen molar-refractivity contribution in [2.24, 2.45) is 0 Å². The van der Waals surface area contributed by atoms with Crippen molar-refractivity contribution in [1.29, 1.82) is 0 Å². The van der Waals surface area contributed by atoms with Gasteiger partial charge in [0, 0.05) is 9.79 Å². The van der Waals surface area contributed by atoms with E-state index in [-0.39, 0.29) is 0 Å². The monoisotopic (exact) mass is 381 g/mol. The van der Waals surface area contributed by atoms with Crippen molar-refractivity contribution in [2.45, 2.75) is 29.7 Å². The van der Waals surface area contributed by atoms with Crippen molar-refractivity contribution in [2.75, 3.05) is 5.32 Å². The van der Waals surface area contributed by atoms with Crippen LogP contribution in [0.5, 0.6) is 0 Å². The molecule has 1 aromatic heterocycles. The van der Waals surface area contributed by atoms with Gasteiger partial charge in [-0.15, -0.1) is 0 Å². The molecule has 0 fully saturated rings. The maximum atomic E-state index is 12.5. The molecule has 0 saturated carbocycles. The molecule has 3 rings (SSSR count). The first-order valence-corrected chi connectivity index (χ1v) is 9.24. The number of para-hydroxylation sites is 1. The molecule has 0 aliphatic rings. The highest BCUT2D eigenvalue weighted by Crippen LogP contribution is 2.33. The number of ether oxygens (including phenoxy) is 1. The summed E-state index contributed by atoms with van der Waals surface area (Å²) >= 11 is 1.55. The lowest BCUT2D eigenvalue weighted by Crippen LogP contribution is -2.30. The Morgan fingerprint density at radius 1 is 1.04 bits per heavy atom. The topological polar surface area (TPSA) is 68.5 Å². The van der Waals surface area contributed by atoms with Gasteiger partial charge in [0.15, 0.2) is 6.10 Å². The summed E-state index contributed by atoms with van der Waals surface area (Å²) in [6, 6.07) is 18.9. The zero-order chi connectivity index (χ0) is 19.2. The molecule has 0 bridgehead atoms. The SMILES string of the molecule is Cc1occc1C(=O)O[C@@H](C)C(=O)Nc1ccccc1Sc1ccccc1. The van der Waals surface area contributed by atoms with Crippen molar-refractivity contribution in [3.8, 4) is 0 Å². The molecule has 0 aliphatic heterocycles. The summed E-state index contributed by atoms with van der Waals surface area (Å²) in [4.78, 5) is 26.6. The molecule has 5 nitrogen and oxygen atoms in total. The average molecular weight is 381 g/mol. The van der Waals surface area contributed by atoms with E-state index in [2.05, 4.69) is 5.32 Å². The van der Waals surface area contributed by atoms with E-state index in [0.717, 1.165) is 9.79 Å². The minimum absolute atomic E-state index is 0.315. The third-order valence-electron chi connectivity index (χ3n) is 3.85. The highest BCUT2D eigenvalue weighted by molar-refractivity contribution is 7.99. The van der Waals surface area contributed by atoms with E-state index in [0.29, 0.717) is 17.0 Å². The number of nitrogens with one attached hydrogen (secondary N) is 1. The quantitative estimate of drug-likeness (QED) is 0.614. The van der Waals surface area contributed by atoms with Crippen LogP contribution in [0, 0.1) is 6.92 Å². The minimum atomic E-state index is -0.943. The lowest BCUT2D eigenvalue weighted by molar-refractivity contribution is -0.123. The Labute approximate surface area is 161 Å². The van der Waals surface area contributed by atoms with Crippen molar-refractivity contribution in [3.63, 3.8) is 0 Å². The summed E-state index contributed by atoms with van der Waals surface area (Å²) in [5.74, 6) is -0.529. The van der Waals surface area contributed by atoms with Gasteiger partial charge in [-0.1, -0.05) is 42.1 Å². The highest BCUT2D eigenvalue weighted by atomic mass is 32.2. The van der Waals surface area contributed by atoms with Gasteiger partial charge < -0.3 is 14.5 Å². The van der Waals surface area contributed by atoms with E-state index in [4.69, 9.17) is 9.15 Å². The smallest absolute Gasteiger partial charge is 0.342 e. The van der Waals surface area contributed by atoms with Gasteiger partial charge in [0.05, 0.1) is 12.0 Å². The third-order valence-corrected chi connectivity index (χ3v) is 4.93. The molecule has 0 radical (unpaired) electrons. The zero-order valence-corrected chi connectivity index (χ0v) is 15.8. The second-order valence-electron chi connectivity index (χ2n) is 5.84. The van der Waals surface area contributed by atoms with E-state index in [1.165, 1.54) is 19.3 Å². The van der Waals surface area contributed by atoms with Crippen LogP contribution in [0.2, 0.25) is 0 Å². The van der Waals surface area contributed by atoms with Crippen molar-refractivity contribution in [3.05, 3.63) is 78.3 Å². The molecule has 0 unspecified atom stereocenters. The highest BCUT2D eigenvalue weighted by Gasteiger charge is 2.22. The van der Waals surface area contributed by atoms with Gasteiger partial charge in [-0.2, -0.15) is 0 Å². The maximum absolute atomic E-state index is 12.5. The number of hydrogen-bond donors (Lipinski definition) is 1. The first kappa shape index (κ1) is 18.8. The standard InChI is InChI=1S/C21H19NO4S/c1-14-17(12-13-25-14)21(24)26-15(2)20(23)22-18-10-6-7-11-19(18)27-16-8-4-3-5-9-16/h3-13,15H,1-2H3,(H,22,23)/t15-/m0/s1. The number of carbonyl (C=O) groups is 2. The van der Waals surface area contributed by atoms with Crippen molar-refractivity contribution in [1.82, 2.24) is 0 Å². The van der Waals surface area contributed by atoms with Crippen LogP contribution in [-0.4, -0.2) is 18.0 Å². The molecular formula is C21H19NO4S. The zero-order valence-electron chi connectivity index (χ0n) is 15.0. The van der Waals surface area contributed by atoms with Crippen LogP contribution in [0.15, 0.2) is 81.1 Å². The molecule has 0 saturated heterocycles. The van der Waals surface area contributed by atoms with Crippen LogP contribution in [0.4, 0.5) is 5.69 Å². The number of hydrogen-bond acceptors (Lipinski definition) is 5. The molecule has 6 heteroatoms. The number of esters is 1. The molecule has 138 valence electrons. The number of amides is 1. The molecular weight excluding hydrogens is 362 g/mol. The first-order valence-electron chi connectivity index (χ1n) is 8.42. The normalized spacial score (nSPS) is 11.6. The van der Waals surface area contributed by atoms with Gasteiger partial charge in [-0.05, 0) is 44.2 Å². The summed E-state index contributed by atoms with van der Waals surface area (Å²) in [7, 11) is 0. The molecule has 1 atom stereocenters. The predicted octanol–water partition coefficient (Wildman–Crippen LogP) is 4.92. The van der Waals surface area contributed by atoms with E-state index < -0.39 is 18.0 Å². The second-order valence-corrected chi connectivity index (χ2v) is 6.95. The van der Waals surface area contributed by atoms with Crippen LogP contribution < -0.4 is 5.32 Å². The Balaban J connectivity index is 1.67. The minimum Gasteiger partial charge on any atom is -0.469 e. The van der Waals surface area contributed by atoms with Crippen molar-refractivity contribution < 1.29 is 18.7 Å². The van der Waals surface area contributed by atoms with Gasteiger partial charge in [-0.3, -0.25) is 4.79 Å². The van der Waals surface area contributed by atoms with Crippen LogP contribution >= 0.6 is 11.8 Å². The number of furan rings is 1. The average Bonchev–Trinajstić information content (AvgIpc) is 3.10. The summed E-state index contributed by atoms with van der Waals surface area (Å²) in [6.07, 6.45) is 0.467. The first-order chi connectivity index (χ1) is 13.0. The van der Waals surface area contributed by atoms with Crippen LogP contribution in [0.25, 0.3) is 0 Å². The number of aryl methyl sites for hydroxylation is 1. The van der Waals surface area contributed by atoms with Gasteiger partial charge >= 0.3 is 5.97 Å². The predicted molar refractivity (Wildman–Crippen MR) is 104 cm³/mol. The Morgan fingerprint density at radius 3 is 2.44 bits per heavy atom. The molecule has 3 aromatic rings. The molecule has 1 amide bonds. The van der Waals surface area contributed by atoms with E-state index in [1.54, 1.807) is 18.7 Å². The fourth-order valence-electron chi connectivity index (χ4n) is 2.38. The third kappa shape index (κ3) is 4.80. The molecule has 1 heterocycles. The number of rotatable bonds is 6. The fraction of sp³-hybridized carbons (Fsp3) is 0.143. The number of anilines is 1. The lowest BCUT2D eigenvalue weighted by atomic mass is 10.2.